The summed E-state index contributed by atoms with van der Waals surface area (Å²) in [6, 6.07) is 14.5. The summed E-state index contributed by atoms with van der Waals surface area (Å²) in [5, 5.41) is 4.17. The number of benzene rings is 2. The molecule has 0 bridgehead atoms. The van der Waals surface area contributed by atoms with Crippen LogP contribution in [0.3, 0.4) is 0 Å². The number of anilines is 1. The number of rotatable bonds is 3. The Kier molecular flexibility index (Phi) is 4.29. The Balaban J connectivity index is 2.10. The lowest BCUT2D eigenvalue weighted by Gasteiger charge is -2.10. The molecular formula is C14H13ClIN. The van der Waals surface area contributed by atoms with Crippen LogP contribution in [-0.4, -0.2) is 0 Å². The minimum Gasteiger partial charge on any atom is -0.380 e. The molecule has 0 unspecified atom stereocenters. The van der Waals surface area contributed by atoms with Gasteiger partial charge in [0.1, 0.15) is 0 Å². The molecule has 17 heavy (non-hydrogen) atoms. The lowest BCUT2D eigenvalue weighted by molar-refractivity contribution is 1.14. The molecule has 0 atom stereocenters. The molecule has 0 aliphatic heterocycles. The van der Waals surface area contributed by atoms with Gasteiger partial charge in [-0.2, -0.15) is 0 Å². The Morgan fingerprint density at radius 3 is 2.71 bits per heavy atom. The van der Waals surface area contributed by atoms with Crippen molar-refractivity contribution in [1.82, 2.24) is 0 Å². The lowest BCUT2D eigenvalue weighted by atomic mass is 10.2. The van der Waals surface area contributed by atoms with Gasteiger partial charge in [-0.15, -0.1) is 0 Å². The highest BCUT2D eigenvalue weighted by atomic mass is 127. The van der Waals surface area contributed by atoms with Gasteiger partial charge in [-0.3, -0.25) is 0 Å². The second kappa shape index (κ2) is 5.74. The van der Waals surface area contributed by atoms with Crippen LogP contribution in [0.4, 0.5) is 5.69 Å². The molecule has 0 aromatic heterocycles. The predicted molar refractivity (Wildman–Crippen MR) is 82.7 cm³/mol. The van der Waals surface area contributed by atoms with E-state index in [9.17, 15) is 0 Å². The van der Waals surface area contributed by atoms with E-state index in [-0.39, 0.29) is 0 Å². The van der Waals surface area contributed by atoms with Crippen molar-refractivity contribution in [2.75, 3.05) is 5.32 Å². The van der Waals surface area contributed by atoms with Crippen molar-refractivity contribution in [3.05, 3.63) is 62.2 Å². The van der Waals surface area contributed by atoms with E-state index in [2.05, 4.69) is 52.2 Å². The van der Waals surface area contributed by atoms with Crippen LogP contribution in [0.25, 0.3) is 0 Å². The van der Waals surface area contributed by atoms with Gasteiger partial charge < -0.3 is 5.32 Å². The molecule has 2 aromatic rings. The summed E-state index contributed by atoms with van der Waals surface area (Å²) in [5.41, 5.74) is 3.35. The Labute approximate surface area is 120 Å². The Morgan fingerprint density at radius 2 is 1.94 bits per heavy atom. The third-order valence-corrected chi connectivity index (χ3v) is 3.74. The van der Waals surface area contributed by atoms with E-state index in [0.717, 1.165) is 22.8 Å². The fraction of sp³-hybridized carbons (Fsp3) is 0.143. The quantitative estimate of drug-likeness (QED) is 0.773. The molecule has 2 aromatic carbocycles. The second-order valence-electron chi connectivity index (χ2n) is 3.92. The van der Waals surface area contributed by atoms with E-state index in [1.165, 1.54) is 9.13 Å². The molecule has 0 saturated heterocycles. The smallest absolute Gasteiger partial charge is 0.0666 e. The van der Waals surface area contributed by atoms with E-state index < -0.39 is 0 Å². The summed E-state index contributed by atoms with van der Waals surface area (Å²) in [7, 11) is 0. The fourth-order valence-electron chi connectivity index (χ4n) is 1.63. The highest BCUT2D eigenvalue weighted by Gasteiger charge is 2.02. The minimum absolute atomic E-state index is 0.792. The SMILES string of the molecule is Cc1cccc(NCc2cccc(I)c2)c1Cl. The second-order valence-corrected chi connectivity index (χ2v) is 5.54. The van der Waals surface area contributed by atoms with Gasteiger partial charge in [0.2, 0.25) is 0 Å². The van der Waals surface area contributed by atoms with Gasteiger partial charge in [0, 0.05) is 10.1 Å². The molecule has 1 nitrogen and oxygen atoms in total. The first-order valence-corrected chi connectivity index (χ1v) is 6.86. The third-order valence-electron chi connectivity index (χ3n) is 2.56. The van der Waals surface area contributed by atoms with Crippen LogP contribution in [0, 0.1) is 10.5 Å². The molecule has 2 rings (SSSR count). The van der Waals surface area contributed by atoms with Crippen molar-refractivity contribution < 1.29 is 0 Å². The fourth-order valence-corrected chi connectivity index (χ4v) is 2.43. The van der Waals surface area contributed by atoms with Gasteiger partial charge in [0.15, 0.2) is 0 Å². The van der Waals surface area contributed by atoms with Crippen molar-refractivity contribution >= 4 is 39.9 Å². The van der Waals surface area contributed by atoms with Crippen LogP contribution in [0.5, 0.6) is 0 Å². The van der Waals surface area contributed by atoms with Crippen molar-refractivity contribution in [2.24, 2.45) is 0 Å². The van der Waals surface area contributed by atoms with Crippen molar-refractivity contribution in [3.63, 3.8) is 0 Å². The molecule has 0 heterocycles. The van der Waals surface area contributed by atoms with Crippen molar-refractivity contribution in [1.29, 1.82) is 0 Å². The number of aryl methyl sites for hydroxylation is 1. The van der Waals surface area contributed by atoms with Crippen LogP contribution >= 0.6 is 34.2 Å². The Hall–Kier alpha value is -0.740. The van der Waals surface area contributed by atoms with Crippen molar-refractivity contribution in [2.45, 2.75) is 13.5 Å². The van der Waals surface area contributed by atoms with Crippen LogP contribution in [0.2, 0.25) is 5.02 Å². The van der Waals surface area contributed by atoms with Crippen LogP contribution in [-0.2, 0) is 6.54 Å². The van der Waals surface area contributed by atoms with Crippen molar-refractivity contribution in [3.8, 4) is 0 Å². The Bertz CT molecular complexity index is 525. The molecule has 0 aliphatic rings. The van der Waals surface area contributed by atoms with Gasteiger partial charge in [-0.05, 0) is 58.8 Å². The molecular weight excluding hydrogens is 345 g/mol. The molecule has 0 spiro atoms. The normalized spacial score (nSPS) is 10.3. The summed E-state index contributed by atoms with van der Waals surface area (Å²) < 4.78 is 1.25. The summed E-state index contributed by atoms with van der Waals surface area (Å²) in [6.45, 7) is 2.80. The molecule has 0 fully saturated rings. The zero-order chi connectivity index (χ0) is 12.3. The van der Waals surface area contributed by atoms with Gasteiger partial charge in [-0.25, -0.2) is 0 Å². The lowest BCUT2D eigenvalue weighted by Crippen LogP contribution is -2.00. The number of hydrogen-bond acceptors (Lipinski definition) is 1. The van der Waals surface area contributed by atoms with Crippen LogP contribution < -0.4 is 5.32 Å². The largest absolute Gasteiger partial charge is 0.380 e. The molecule has 1 N–H and O–H groups in total. The number of hydrogen-bond donors (Lipinski definition) is 1. The average Bonchev–Trinajstić information content (AvgIpc) is 2.31. The zero-order valence-corrected chi connectivity index (χ0v) is 12.4. The van der Waals surface area contributed by atoms with E-state index >= 15 is 0 Å². The molecule has 3 heteroatoms. The maximum Gasteiger partial charge on any atom is 0.0666 e. The molecule has 0 amide bonds. The average molecular weight is 358 g/mol. The zero-order valence-electron chi connectivity index (χ0n) is 9.50. The van der Waals surface area contributed by atoms with E-state index in [1.807, 2.05) is 25.1 Å². The first kappa shape index (κ1) is 12.7. The number of nitrogens with one attached hydrogen (secondary N) is 1. The molecule has 0 aliphatic carbocycles. The predicted octanol–water partition coefficient (Wildman–Crippen LogP) is 4.87. The van der Waals surface area contributed by atoms with Gasteiger partial charge in [-0.1, -0.05) is 35.9 Å². The standard InChI is InChI=1S/C14H13ClIN/c1-10-4-2-7-13(14(10)15)17-9-11-5-3-6-12(16)8-11/h2-8,17H,9H2,1H3. The molecule has 0 radical (unpaired) electrons. The number of halogens is 2. The topological polar surface area (TPSA) is 12.0 Å². The summed E-state index contributed by atoms with van der Waals surface area (Å²) >= 11 is 8.54. The van der Waals surface area contributed by atoms with E-state index in [1.54, 1.807) is 0 Å². The van der Waals surface area contributed by atoms with Crippen LogP contribution in [0.1, 0.15) is 11.1 Å². The molecule has 0 saturated carbocycles. The first-order valence-electron chi connectivity index (χ1n) is 5.40. The van der Waals surface area contributed by atoms with Crippen LogP contribution in [0.15, 0.2) is 42.5 Å². The van der Waals surface area contributed by atoms with Gasteiger partial charge in [0.05, 0.1) is 10.7 Å². The Morgan fingerprint density at radius 1 is 1.18 bits per heavy atom. The highest BCUT2D eigenvalue weighted by molar-refractivity contribution is 14.1. The van der Waals surface area contributed by atoms with E-state index in [4.69, 9.17) is 11.6 Å². The maximum atomic E-state index is 6.23. The maximum absolute atomic E-state index is 6.23. The first-order chi connectivity index (χ1) is 8.16. The summed E-state index contributed by atoms with van der Waals surface area (Å²) in [6.07, 6.45) is 0. The van der Waals surface area contributed by atoms with Gasteiger partial charge >= 0.3 is 0 Å². The molecule has 88 valence electrons. The minimum atomic E-state index is 0.792. The monoisotopic (exact) mass is 357 g/mol. The highest BCUT2D eigenvalue weighted by Crippen LogP contribution is 2.25. The third kappa shape index (κ3) is 3.36. The van der Waals surface area contributed by atoms with Gasteiger partial charge in [0.25, 0.3) is 0 Å². The summed E-state index contributed by atoms with van der Waals surface area (Å²) in [5.74, 6) is 0. The summed E-state index contributed by atoms with van der Waals surface area (Å²) in [4.78, 5) is 0. The van der Waals surface area contributed by atoms with E-state index in [0.29, 0.717) is 0 Å².